The van der Waals surface area contributed by atoms with Gasteiger partial charge >= 0.3 is 0 Å². The molecule has 2 heterocycles. The maximum Gasteiger partial charge on any atom is 0.257 e. The van der Waals surface area contributed by atoms with Gasteiger partial charge in [-0.05, 0) is 6.07 Å². The van der Waals surface area contributed by atoms with Crippen molar-refractivity contribution >= 4 is 17.7 Å². The fourth-order valence-electron chi connectivity index (χ4n) is 1.43. The Morgan fingerprint density at radius 2 is 2.19 bits per heavy atom. The van der Waals surface area contributed by atoms with Gasteiger partial charge < -0.3 is 10.2 Å². The smallest absolute Gasteiger partial charge is 0.257 e. The van der Waals surface area contributed by atoms with Gasteiger partial charge in [-0.1, -0.05) is 18.2 Å². The molecule has 0 radical (unpaired) electrons. The number of hydrogen-bond donors (Lipinski definition) is 2. The van der Waals surface area contributed by atoms with Crippen molar-refractivity contribution in [2.75, 3.05) is 18.2 Å². The largest absolute Gasteiger partial charge is 0.379 e. The highest BCUT2D eigenvalue weighted by Gasteiger charge is 2.14. The van der Waals surface area contributed by atoms with E-state index in [1.54, 1.807) is 0 Å². The SMILES string of the molecule is C1CSCN1.O=C1Cc2ccccc2ON1. The molecule has 1 saturated heterocycles. The topological polar surface area (TPSA) is 50.4 Å². The summed E-state index contributed by atoms with van der Waals surface area (Å²) >= 11 is 1.96. The molecule has 4 nitrogen and oxygen atoms in total. The fourth-order valence-corrected chi connectivity index (χ4v) is 2.15. The van der Waals surface area contributed by atoms with E-state index in [1.807, 2.05) is 36.0 Å². The van der Waals surface area contributed by atoms with Crippen LogP contribution >= 0.6 is 11.8 Å². The van der Waals surface area contributed by atoms with Crippen LogP contribution in [-0.2, 0) is 11.2 Å². The van der Waals surface area contributed by atoms with Gasteiger partial charge in [-0.25, -0.2) is 0 Å². The third-order valence-electron chi connectivity index (χ3n) is 2.23. The van der Waals surface area contributed by atoms with E-state index in [0.717, 1.165) is 11.3 Å². The molecule has 1 aromatic rings. The number of para-hydroxylation sites is 1. The maximum absolute atomic E-state index is 10.8. The Kier molecular flexibility index (Phi) is 4.07. The average molecular weight is 238 g/mol. The molecule has 16 heavy (non-hydrogen) atoms. The molecule has 2 aliphatic heterocycles. The van der Waals surface area contributed by atoms with Gasteiger partial charge in [0, 0.05) is 23.7 Å². The zero-order valence-corrected chi connectivity index (χ0v) is 9.68. The minimum absolute atomic E-state index is 0.0938. The van der Waals surface area contributed by atoms with Crippen LogP contribution in [0.25, 0.3) is 0 Å². The molecule has 86 valence electrons. The van der Waals surface area contributed by atoms with Gasteiger partial charge in [0.15, 0.2) is 5.75 Å². The first-order valence-corrected chi connectivity index (χ1v) is 6.34. The van der Waals surface area contributed by atoms with Crippen molar-refractivity contribution in [3.8, 4) is 5.75 Å². The van der Waals surface area contributed by atoms with Gasteiger partial charge in [-0.3, -0.25) is 4.79 Å². The first-order valence-electron chi connectivity index (χ1n) is 5.18. The lowest BCUT2D eigenvalue weighted by Crippen LogP contribution is -2.32. The number of carbonyl (C=O) groups is 1. The first kappa shape index (κ1) is 11.3. The van der Waals surface area contributed by atoms with Crippen LogP contribution in [0.1, 0.15) is 5.56 Å². The second-order valence-corrected chi connectivity index (χ2v) is 4.57. The molecular weight excluding hydrogens is 224 g/mol. The number of carbonyl (C=O) groups excluding carboxylic acids is 1. The highest BCUT2D eigenvalue weighted by molar-refractivity contribution is 7.99. The summed E-state index contributed by atoms with van der Waals surface area (Å²) in [6.45, 7) is 1.21. The third-order valence-corrected chi connectivity index (χ3v) is 3.13. The summed E-state index contributed by atoms with van der Waals surface area (Å²) in [4.78, 5) is 15.7. The van der Waals surface area contributed by atoms with Gasteiger partial charge in [-0.2, -0.15) is 5.48 Å². The molecule has 3 rings (SSSR count). The summed E-state index contributed by atoms with van der Waals surface area (Å²) < 4.78 is 0. The number of amides is 1. The summed E-state index contributed by atoms with van der Waals surface area (Å²) in [6, 6.07) is 7.47. The fraction of sp³-hybridized carbons (Fsp3) is 0.364. The zero-order valence-electron chi connectivity index (χ0n) is 8.86. The first-order chi connectivity index (χ1) is 7.86. The van der Waals surface area contributed by atoms with Gasteiger partial charge in [0.1, 0.15) is 0 Å². The monoisotopic (exact) mass is 238 g/mol. The molecule has 0 aromatic heterocycles. The van der Waals surface area contributed by atoms with Crippen LogP contribution < -0.4 is 15.6 Å². The van der Waals surface area contributed by atoms with Crippen LogP contribution in [0.4, 0.5) is 0 Å². The quantitative estimate of drug-likeness (QED) is 0.706. The van der Waals surface area contributed by atoms with E-state index in [-0.39, 0.29) is 5.91 Å². The number of thioether (sulfide) groups is 1. The molecular formula is C11H14N2O2S. The second-order valence-electron chi connectivity index (χ2n) is 3.46. The molecule has 2 N–H and O–H groups in total. The van der Waals surface area contributed by atoms with Crippen molar-refractivity contribution in [3.63, 3.8) is 0 Å². The molecule has 0 aliphatic carbocycles. The Morgan fingerprint density at radius 3 is 2.88 bits per heavy atom. The van der Waals surface area contributed by atoms with Crippen LogP contribution in [0.2, 0.25) is 0 Å². The normalized spacial score (nSPS) is 17.6. The average Bonchev–Trinajstić information content (AvgIpc) is 2.87. The van der Waals surface area contributed by atoms with Crippen LogP contribution in [0.15, 0.2) is 24.3 Å². The predicted octanol–water partition coefficient (Wildman–Crippen LogP) is 0.933. The molecule has 5 heteroatoms. The van der Waals surface area contributed by atoms with Crippen molar-refractivity contribution in [1.29, 1.82) is 0 Å². The molecule has 1 aromatic carbocycles. The summed E-state index contributed by atoms with van der Waals surface area (Å²) in [5.74, 6) is 3.12. The number of rotatable bonds is 0. The molecule has 1 fully saturated rings. The number of fused-ring (bicyclic) bond motifs is 1. The van der Waals surface area contributed by atoms with E-state index in [1.165, 1.54) is 18.2 Å². The van der Waals surface area contributed by atoms with Crippen molar-refractivity contribution in [1.82, 2.24) is 10.8 Å². The summed E-state index contributed by atoms with van der Waals surface area (Å²) in [5.41, 5.74) is 3.24. The maximum atomic E-state index is 10.8. The van der Waals surface area contributed by atoms with E-state index in [0.29, 0.717) is 6.42 Å². The number of benzene rings is 1. The third kappa shape index (κ3) is 3.15. The van der Waals surface area contributed by atoms with E-state index >= 15 is 0 Å². The zero-order chi connectivity index (χ0) is 11.2. The van der Waals surface area contributed by atoms with Crippen molar-refractivity contribution < 1.29 is 9.63 Å². The predicted molar refractivity (Wildman–Crippen MR) is 64.2 cm³/mol. The van der Waals surface area contributed by atoms with Crippen LogP contribution in [-0.4, -0.2) is 24.1 Å². The number of hydrogen-bond acceptors (Lipinski definition) is 4. The minimum atomic E-state index is -0.0938. The van der Waals surface area contributed by atoms with Crippen LogP contribution in [0, 0.1) is 0 Å². The number of nitrogens with one attached hydrogen (secondary N) is 2. The Morgan fingerprint density at radius 1 is 1.31 bits per heavy atom. The highest BCUT2D eigenvalue weighted by atomic mass is 32.2. The Hall–Kier alpha value is -1.20. The van der Waals surface area contributed by atoms with Crippen LogP contribution in [0.5, 0.6) is 5.75 Å². The molecule has 0 bridgehead atoms. The van der Waals surface area contributed by atoms with Crippen molar-refractivity contribution in [2.45, 2.75) is 6.42 Å². The summed E-state index contributed by atoms with van der Waals surface area (Å²) in [6.07, 6.45) is 0.413. The highest BCUT2D eigenvalue weighted by Crippen LogP contribution is 2.19. The number of hydroxylamine groups is 1. The second kappa shape index (κ2) is 5.77. The Balaban J connectivity index is 0.000000162. The molecule has 0 atom stereocenters. The molecule has 0 unspecified atom stereocenters. The van der Waals surface area contributed by atoms with Crippen LogP contribution in [0.3, 0.4) is 0 Å². The summed E-state index contributed by atoms with van der Waals surface area (Å²) in [5, 5.41) is 3.19. The van der Waals surface area contributed by atoms with E-state index < -0.39 is 0 Å². The summed E-state index contributed by atoms with van der Waals surface area (Å²) in [7, 11) is 0. The van der Waals surface area contributed by atoms with Gasteiger partial charge in [0.2, 0.25) is 0 Å². The lowest BCUT2D eigenvalue weighted by Gasteiger charge is -2.15. The Bertz CT molecular complexity index is 359. The lowest BCUT2D eigenvalue weighted by atomic mass is 10.1. The standard InChI is InChI=1S/C8H7NO2.C3H7NS/c10-8-5-6-3-1-2-4-7(6)11-9-8;1-2-5-3-4-1/h1-4H,5H2,(H,9,10);4H,1-3H2. The van der Waals surface area contributed by atoms with E-state index in [4.69, 9.17) is 4.84 Å². The lowest BCUT2D eigenvalue weighted by molar-refractivity contribution is -0.128. The molecule has 1 amide bonds. The van der Waals surface area contributed by atoms with Crippen molar-refractivity contribution in [3.05, 3.63) is 29.8 Å². The minimum Gasteiger partial charge on any atom is -0.379 e. The van der Waals surface area contributed by atoms with E-state index in [9.17, 15) is 4.79 Å². The van der Waals surface area contributed by atoms with Gasteiger partial charge in [0.25, 0.3) is 5.91 Å². The van der Waals surface area contributed by atoms with Gasteiger partial charge in [0.05, 0.1) is 6.42 Å². The van der Waals surface area contributed by atoms with Gasteiger partial charge in [-0.15, -0.1) is 11.8 Å². The molecule has 0 spiro atoms. The van der Waals surface area contributed by atoms with Crippen molar-refractivity contribution in [2.24, 2.45) is 0 Å². The van der Waals surface area contributed by atoms with E-state index in [2.05, 4.69) is 10.8 Å². The molecule has 2 aliphatic rings. The molecule has 0 saturated carbocycles. The Labute approximate surface area is 98.7 Å².